The van der Waals surface area contributed by atoms with E-state index in [1.807, 2.05) is 42.6 Å². The van der Waals surface area contributed by atoms with Crippen LogP contribution >= 0.6 is 11.3 Å². The van der Waals surface area contributed by atoms with E-state index in [4.69, 9.17) is 0 Å². The van der Waals surface area contributed by atoms with Gasteiger partial charge in [0.25, 0.3) is 0 Å². The second-order valence-corrected chi connectivity index (χ2v) is 4.90. The van der Waals surface area contributed by atoms with E-state index in [0.717, 1.165) is 22.6 Å². The van der Waals surface area contributed by atoms with Crippen LogP contribution in [-0.2, 0) is 0 Å². The van der Waals surface area contributed by atoms with Crippen molar-refractivity contribution in [1.29, 1.82) is 0 Å². The summed E-state index contributed by atoms with van der Waals surface area (Å²) in [7, 11) is 1.98. The second kappa shape index (κ2) is 4.14. The van der Waals surface area contributed by atoms with Gasteiger partial charge in [0.1, 0.15) is 0 Å². The number of nitrogens with zero attached hydrogens (tertiary/aromatic N) is 1. The molecule has 0 spiro atoms. The first-order chi connectivity index (χ1) is 7.59. The van der Waals surface area contributed by atoms with E-state index >= 15 is 0 Å². The van der Waals surface area contributed by atoms with Gasteiger partial charge in [0.15, 0.2) is 0 Å². The summed E-state index contributed by atoms with van der Waals surface area (Å²) in [5.41, 5.74) is 2.21. The molecule has 0 amide bonds. The third-order valence-electron chi connectivity index (χ3n) is 2.55. The number of carbonyl (C=O) groups is 1. The quantitative estimate of drug-likeness (QED) is 0.856. The summed E-state index contributed by atoms with van der Waals surface area (Å²) < 4.78 is 0. The minimum Gasteiger partial charge on any atom is -0.478 e. The van der Waals surface area contributed by atoms with Gasteiger partial charge in [-0.15, -0.1) is 11.3 Å². The fourth-order valence-electron chi connectivity index (χ4n) is 1.77. The number of carboxylic acids is 1. The normalized spacial score (nSPS) is 15.1. The molecule has 0 unspecified atom stereocenters. The van der Waals surface area contributed by atoms with E-state index in [9.17, 15) is 9.90 Å². The maximum atomic E-state index is 11.2. The van der Waals surface area contributed by atoms with Gasteiger partial charge >= 0.3 is 5.97 Å². The second-order valence-electron chi connectivity index (χ2n) is 3.81. The summed E-state index contributed by atoms with van der Waals surface area (Å²) in [6.45, 7) is 2.71. The monoisotopic (exact) mass is 235 g/mol. The maximum Gasteiger partial charge on any atom is 0.337 e. The molecule has 0 atom stereocenters. The number of rotatable bonds is 2. The molecule has 0 saturated carbocycles. The van der Waals surface area contributed by atoms with Gasteiger partial charge in [-0.25, -0.2) is 4.79 Å². The van der Waals surface area contributed by atoms with Gasteiger partial charge in [0, 0.05) is 30.2 Å². The lowest BCUT2D eigenvalue weighted by Crippen LogP contribution is -2.14. The Hall–Kier alpha value is -1.55. The largest absolute Gasteiger partial charge is 0.478 e. The number of aryl methyl sites for hydroxylation is 1. The topological polar surface area (TPSA) is 40.5 Å². The zero-order valence-electron chi connectivity index (χ0n) is 9.23. The highest BCUT2D eigenvalue weighted by molar-refractivity contribution is 7.10. The van der Waals surface area contributed by atoms with Gasteiger partial charge in [-0.2, -0.15) is 0 Å². The van der Waals surface area contributed by atoms with Gasteiger partial charge in [0.05, 0.1) is 5.56 Å². The fourth-order valence-corrected chi connectivity index (χ4v) is 2.64. The molecule has 4 heteroatoms. The summed E-state index contributed by atoms with van der Waals surface area (Å²) in [5.74, 6) is -0.851. The molecule has 16 heavy (non-hydrogen) atoms. The van der Waals surface area contributed by atoms with E-state index in [1.165, 1.54) is 11.3 Å². The third kappa shape index (κ3) is 1.88. The highest BCUT2D eigenvalue weighted by Crippen LogP contribution is 2.30. The molecule has 0 saturated heterocycles. The zero-order valence-corrected chi connectivity index (χ0v) is 10.0. The van der Waals surface area contributed by atoms with Crippen LogP contribution in [0, 0.1) is 6.92 Å². The van der Waals surface area contributed by atoms with Crippen LogP contribution < -0.4 is 0 Å². The Labute approximate surface area is 98.3 Å². The van der Waals surface area contributed by atoms with Gasteiger partial charge in [-0.05, 0) is 17.9 Å². The lowest BCUT2D eigenvalue weighted by atomic mass is 10.0. The molecule has 0 aromatic carbocycles. The van der Waals surface area contributed by atoms with Crippen LogP contribution in [0.5, 0.6) is 0 Å². The van der Waals surface area contributed by atoms with Crippen molar-refractivity contribution in [3.05, 3.63) is 39.7 Å². The standard InChI is InChI=1S/C12H13NO2S/c1-8-11(12(14)15)10(7-16-8)9-4-3-5-13(2)6-9/h3-4,6-7H,5H2,1-2H3,(H,14,15). The molecule has 1 N–H and O–H groups in total. The van der Waals surface area contributed by atoms with Gasteiger partial charge < -0.3 is 10.0 Å². The first-order valence-corrected chi connectivity index (χ1v) is 5.88. The summed E-state index contributed by atoms with van der Waals surface area (Å²) in [6, 6.07) is 0. The van der Waals surface area contributed by atoms with Gasteiger partial charge in [0.2, 0.25) is 0 Å². The van der Waals surface area contributed by atoms with Crippen LogP contribution in [0.3, 0.4) is 0 Å². The fraction of sp³-hybridized carbons (Fsp3) is 0.250. The van der Waals surface area contributed by atoms with Crippen LogP contribution in [0.15, 0.2) is 23.7 Å². The molecular formula is C12H13NO2S. The number of allylic oxidation sites excluding steroid dienone is 2. The Morgan fingerprint density at radius 2 is 2.31 bits per heavy atom. The lowest BCUT2D eigenvalue weighted by molar-refractivity contribution is 0.0696. The van der Waals surface area contributed by atoms with Crippen LogP contribution in [0.1, 0.15) is 20.8 Å². The van der Waals surface area contributed by atoms with Crippen molar-refractivity contribution < 1.29 is 9.90 Å². The Kier molecular flexibility index (Phi) is 2.83. The number of thiophene rings is 1. The first kappa shape index (κ1) is 11.0. The lowest BCUT2D eigenvalue weighted by Gasteiger charge is -2.17. The zero-order chi connectivity index (χ0) is 11.7. The Balaban J connectivity index is 2.48. The molecule has 3 nitrogen and oxygen atoms in total. The molecule has 0 fully saturated rings. The van der Waals surface area contributed by atoms with Crippen LogP contribution in [-0.4, -0.2) is 29.6 Å². The predicted octanol–water partition coefficient (Wildman–Crippen LogP) is 2.60. The smallest absolute Gasteiger partial charge is 0.337 e. The number of aromatic carboxylic acids is 1. The summed E-state index contributed by atoms with van der Waals surface area (Å²) >= 11 is 1.48. The van der Waals surface area contributed by atoms with Crippen molar-refractivity contribution in [1.82, 2.24) is 4.90 Å². The maximum absolute atomic E-state index is 11.2. The summed E-state index contributed by atoms with van der Waals surface area (Å²) in [5, 5.41) is 11.1. The number of hydrogen-bond donors (Lipinski definition) is 1. The van der Waals surface area contributed by atoms with Crippen LogP contribution in [0.2, 0.25) is 0 Å². The molecule has 0 aliphatic carbocycles. The SMILES string of the molecule is Cc1scc(C2=CN(C)CC=C2)c1C(=O)O. The highest BCUT2D eigenvalue weighted by Gasteiger charge is 2.18. The van der Waals surface area contributed by atoms with Crippen molar-refractivity contribution in [2.24, 2.45) is 0 Å². The molecule has 0 radical (unpaired) electrons. The summed E-state index contributed by atoms with van der Waals surface area (Å²) in [6.07, 6.45) is 6.00. The van der Waals surface area contributed by atoms with Crippen molar-refractivity contribution in [3.8, 4) is 0 Å². The minimum absolute atomic E-state index is 0.427. The molecule has 2 rings (SSSR count). The molecule has 1 aliphatic heterocycles. The average Bonchev–Trinajstić information content (AvgIpc) is 2.60. The van der Waals surface area contributed by atoms with Crippen molar-refractivity contribution in [3.63, 3.8) is 0 Å². The molecule has 1 aromatic heterocycles. The Morgan fingerprint density at radius 1 is 1.56 bits per heavy atom. The number of hydrogen-bond acceptors (Lipinski definition) is 3. The molecule has 2 heterocycles. The van der Waals surface area contributed by atoms with E-state index in [0.29, 0.717) is 5.56 Å². The average molecular weight is 235 g/mol. The van der Waals surface area contributed by atoms with E-state index < -0.39 is 5.97 Å². The van der Waals surface area contributed by atoms with Crippen LogP contribution in [0.25, 0.3) is 5.57 Å². The molecule has 1 aliphatic rings. The molecular weight excluding hydrogens is 222 g/mol. The minimum atomic E-state index is -0.851. The highest BCUT2D eigenvalue weighted by atomic mass is 32.1. The third-order valence-corrected chi connectivity index (χ3v) is 3.46. The Morgan fingerprint density at radius 3 is 2.94 bits per heavy atom. The molecule has 1 aromatic rings. The van der Waals surface area contributed by atoms with Gasteiger partial charge in [-0.1, -0.05) is 12.2 Å². The number of likely N-dealkylation sites (N-methyl/N-ethyl adjacent to an activating group) is 1. The Bertz CT molecular complexity index is 485. The van der Waals surface area contributed by atoms with E-state index in [-0.39, 0.29) is 0 Å². The summed E-state index contributed by atoms with van der Waals surface area (Å²) in [4.78, 5) is 14.1. The van der Waals surface area contributed by atoms with E-state index in [2.05, 4.69) is 0 Å². The van der Waals surface area contributed by atoms with Gasteiger partial charge in [-0.3, -0.25) is 0 Å². The predicted molar refractivity (Wildman–Crippen MR) is 65.8 cm³/mol. The molecule has 84 valence electrons. The van der Waals surface area contributed by atoms with E-state index in [1.54, 1.807) is 0 Å². The van der Waals surface area contributed by atoms with Crippen molar-refractivity contribution in [2.75, 3.05) is 13.6 Å². The van der Waals surface area contributed by atoms with Crippen molar-refractivity contribution in [2.45, 2.75) is 6.92 Å². The number of carboxylic acid groups (broad SMARTS) is 1. The molecule has 0 bridgehead atoms. The van der Waals surface area contributed by atoms with Crippen LogP contribution in [0.4, 0.5) is 0 Å². The first-order valence-electron chi connectivity index (χ1n) is 5.00. The van der Waals surface area contributed by atoms with Crippen molar-refractivity contribution >= 4 is 22.9 Å².